The molecule has 13 heteroatoms. The molecule has 0 radical (unpaired) electrons. The summed E-state index contributed by atoms with van der Waals surface area (Å²) in [5, 5.41) is 22.0. The standard InChI is InChI=1S/C16H16N6O5S2/c1-6-2-8(3-9-18-12(13(23)20-27)19-22(6)9)28-4-7-5-29-15-10(17)14(24)21(15)11(7)16(25)26/h2-3,10,15,27H,4-5,17H2,1H3,(H,20,23)(H,25,26)/t10-,15-/m1/s1. The number of hydrogen-bond acceptors (Lipinski definition) is 9. The number of rotatable bonds is 5. The van der Waals surface area contributed by atoms with Crippen LogP contribution in [-0.4, -0.2) is 70.5 Å². The number of β-lactam (4-membered cyclic amide) rings is 1. The van der Waals surface area contributed by atoms with Crippen LogP contribution in [0.4, 0.5) is 0 Å². The summed E-state index contributed by atoms with van der Waals surface area (Å²) in [5.74, 6) is -1.66. The van der Waals surface area contributed by atoms with E-state index in [0.29, 0.717) is 28.4 Å². The molecule has 0 bridgehead atoms. The fraction of sp³-hybridized carbons (Fsp3) is 0.312. The van der Waals surface area contributed by atoms with Gasteiger partial charge in [0.15, 0.2) is 5.65 Å². The monoisotopic (exact) mass is 436 g/mol. The second-order valence-electron chi connectivity index (χ2n) is 6.46. The number of pyridine rings is 1. The summed E-state index contributed by atoms with van der Waals surface area (Å²) in [4.78, 5) is 41.4. The highest BCUT2D eigenvalue weighted by Gasteiger charge is 2.51. The van der Waals surface area contributed by atoms with Gasteiger partial charge in [-0.15, -0.1) is 28.6 Å². The molecule has 0 aliphatic carbocycles. The Bertz CT molecular complexity index is 1080. The van der Waals surface area contributed by atoms with E-state index in [2.05, 4.69) is 10.1 Å². The number of aryl methyl sites for hydroxylation is 1. The summed E-state index contributed by atoms with van der Waals surface area (Å²) in [6, 6.07) is 2.88. The maximum absolute atomic E-state index is 12.0. The van der Waals surface area contributed by atoms with Crippen molar-refractivity contribution in [1.29, 1.82) is 0 Å². The molecule has 1 fully saturated rings. The van der Waals surface area contributed by atoms with Crippen LogP contribution >= 0.6 is 23.5 Å². The Balaban J connectivity index is 1.59. The zero-order valence-electron chi connectivity index (χ0n) is 15.0. The highest BCUT2D eigenvalue weighted by atomic mass is 32.2. The van der Waals surface area contributed by atoms with Crippen molar-refractivity contribution in [2.75, 3.05) is 11.5 Å². The predicted octanol–water partition coefficient (Wildman–Crippen LogP) is -0.170. The number of carboxylic acid groups (broad SMARTS) is 1. The molecule has 5 N–H and O–H groups in total. The number of aromatic nitrogens is 3. The molecule has 29 heavy (non-hydrogen) atoms. The Labute approximate surface area is 172 Å². The average Bonchev–Trinajstić information content (AvgIpc) is 3.15. The van der Waals surface area contributed by atoms with Crippen molar-refractivity contribution in [2.45, 2.75) is 23.2 Å². The van der Waals surface area contributed by atoms with Gasteiger partial charge in [0.05, 0.1) is 0 Å². The van der Waals surface area contributed by atoms with Crippen LogP contribution in [0.3, 0.4) is 0 Å². The number of carbonyl (C=O) groups is 3. The number of carbonyl (C=O) groups excluding carboxylic acids is 2. The summed E-state index contributed by atoms with van der Waals surface area (Å²) in [6.07, 6.45) is 0. The van der Waals surface area contributed by atoms with Crippen molar-refractivity contribution in [3.63, 3.8) is 0 Å². The number of aliphatic carboxylic acids is 1. The molecule has 2 aliphatic rings. The number of thioether (sulfide) groups is 2. The lowest BCUT2D eigenvalue weighted by Crippen LogP contribution is -2.68. The molecule has 4 heterocycles. The second-order valence-corrected chi connectivity index (χ2v) is 8.61. The van der Waals surface area contributed by atoms with Crippen LogP contribution in [0, 0.1) is 6.92 Å². The maximum atomic E-state index is 12.0. The molecular formula is C16H16N6O5S2. The Kier molecular flexibility index (Phi) is 4.98. The summed E-state index contributed by atoms with van der Waals surface area (Å²) < 4.78 is 1.47. The first-order chi connectivity index (χ1) is 13.8. The van der Waals surface area contributed by atoms with E-state index in [1.165, 1.54) is 38.4 Å². The molecule has 152 valence electrons. The summed E-state index contributed by atoms with van der Waals surface area (Å²) >= 11 is 2.85. The van der Waals surface area contributed by atoms with Crippen LogP contribution in [0.1, 0.15) is 16.3 Å². The fourth-order valence-corrected chi connectivity index (χ4v) is 5.65. The Morgan fingerprint density at radius 3 is 2.90 bits per heavy atom. The number of hydrogen-bond donors (Lipinski definition) is 4. The number of nitrogens with zero attached hydrogens (tertiary/aromatic N) is 4. The Morgan fingerprint density at radius 1 is 1.45 bits per heavy atom. The number of amides is 2. The highest BCUT2D eigenvalue weighted by Crippen LogP contribution is 2.40. The minimum absolute atomic E-state index is 0.00938. The number of hydroxylamine groups is 1. The molecule has 2 aromatic rings. The van der Waals surface area contributed by atoms with Gasteiger partial charge in [0.25, 0.3) is 0 Å². The van der Waals surface area contributed by atoms with Gasteiger partial charge in [-0.3, -0.25) is 19.7 Å². The minimum Gasteiger partial charge on any atom is -0.477 e. The lowest BCUT2D eigenvalue weighted by molar-refractivity contribution is -0.147. The molecule has 0 unspecified atom stereocenters. The third-order valence-electron chi connectivity index (χ3n) is 4.60. The molecule has 2 atom stereocenters. The van der Waals surface area contributed by atoms with Crippen molar-refractivity contribution in [2.24, 2.45) is 5.73 Å². The van der Waals surface area contributed by atoms with Gasteiger partial charge in [-0.1, -0.05) is 0 Å². The first-order valence-corrected chi connectivity index (χ1v) is 10.5. The molecule has 2 aliphatic heterocycles. The topological polar surface area (TPSA) is 163 Å². The normalized spacial score (nSPS) is 21.2. The van der Waals surface area contributed by atoms with Crippen LogP contribution < -0.4 is 11.2 Å². The molecule has 4 rings (SSSR count). The SMILES string of the molecule is Cc1cc(SCC2=C(C(=O)O)N3C(=O)[C@@H](N)[C@H]3SC2)cc2nc(C(=O)NO)nn12. The first-order valence-electron chi connectivity index (χ1n) is 8.42. The zero-order chi connectivity index (χ0) is 20.9. The molecule has 2 aromatic heterocycles. The van der Waals surface area contributed by atoms with Crippen LogP contribution in [0.15, 0.2) is 28.3 Å². The van der Waals surface area contributed by atoms with E-state index in [9.17, 15) is 19.5 Å². The van der Waals surface area contributed by atoms with Crippen LogP contribution in [0.2, 0.25) is 0 Å². The summed E-state index contributed by atoms with van der Waals surface area (Å²) in [6.45, 7) is 1.79. The molecule has 0 saturated carbocycles. The van der Waals surface area contributed by atoms with E-state index in [-0.39, 0.29) is 22.8 Å². The minimum atomic E-state index is -1.14. The fourth-order valence-electron chi connectivity index (χ4n) is 3.20. The van der Waals surface area contributed by atoms with Gasteiger partial charge in [-0.05, 0) is 24.6 Å². The zero-order valence-corrected chi connectivity index (χ0v) is 16.7. The molecule has 11 nitrogen and oxygen atoms in total. The van der Waals surface area contributed by atoms with E-state index < -0.39 is 17.9 Å². The lowest BCUT2D eigenvalue weighted by atomic mass is 10.0. The molecule has 2 amide bonds. The van der Waals surface area contributed by atoms with Gasteiger partial charge in [-0.2, -0.15) is 0 Å². The summed E-state index contributed by atoms with van der Waals surface area (Å²) in [5.41, 5.74) is 9.03. The van der Waals surface area contributed by atoms with E-state index >= 15 is 0 Å². The van der Waals surface area contributed by atoms with Gasteiger partial charge < -0.3 is 10.8 Å². The molecule has 0 aromatic carbocycles. The third kappa shape index (κ3) is 3.25. The number of nitrogens with two attached hydrogens (primary N) is 1. The number of nitrogens with one attached hydrogen (secondary N) is 1. The van der Waals surface area contributed by atoms with Crippen molar-refractivity contribution in [3.8, 4) is 0 Å². The first kappa shape index (κ1) is 19.7. The van der Waals surface area contributed by atoms with E-state index in [0.717, 1.165) is 4.90 Å². The molecule has 0 spiro atoms. The smallest absolute Gasteiger partial charge is 0.352 e. The molecule has 1 saturated heterocycles. The van der Waals surface area contributed by atoms with Crippen molar-refractivity contribution < 1.29 is 24.7 Å². The van der Waals surface area contributed by atoms with Gasteiger partial charge in [-0.25, -0.2) is 19.8 Å². The van der Waals surface area contributed by atoms with Crippen LogP contribution in [-0.2, 0) is 9.59 Å². The van der Waals surface area contributed by atoms with E-state index in [4.69, 9.17) is 10.9 Å². The van der Waals surface area contributed by atoms with Crippen LogP contribution in [0.25, 0.3) is 5.65 Å². The number of carboxylic acids is 1. The van der Waals surface area contributed by atoms with Gasteiger partial charge in [0.2, 0.25) is 11.7 Å². The summed E-state index contributed by atoms with van der Waals surface area (Å²) in [7, 11) is 0. The number of fused-ring (bicyclic) bond motifs is 2. The van der Waals surface area contributed by atoms with Crippen molar-refractivity contribution in [3.05, 3.63) is 34.9 Å². The van der Waals surface area contributed by atoms with Gasteiger partial charge in [0.1, 0.15) is 17.1 Å². The van der Waals surface area contributed by atoms with Crippen LogP contribution in [0.5, 0.6) is 0 Å². The van der Waals surface area contributed by atoms with Crippen molar-refractivity contribution >= 4 is 47.0 Å². The van der Waals surface area contributed by atoms with Gasteiger partial charge >= 0.3 is 11.9 Å². The predicted molar refractivity (Wildman–Crippen MR) is 103 cm³/mol. The highest BCUT2D eigenvalue weighted by molar-refractivity contribution is 8.01. The average molecular weight is 436 g/mol. The Morgan fingerprint density at radius 2 is 2.21 bits per heavy atom. The largest absolute Gasteiger partial charge is 0.477 e. The lowest BCUT2D eigenvalue weighted by Gasteiger charge is -2.48. The van der Waals surface area contributed by atoms with Crippen molar-refractivity contribution in [1.82, 2.24) is 25.0 Å². The maximum Gasteiger partial charge on any atom is 0.352 e. The molecular weight excluding hydrogens is 420 g/mol. The quantitative estimate of drug-likeness (QED) is 0.214. The van der Waals surface area contributed by atoms with Gasteiger partial charge in [0, 0.05) is 22.1 Å². The van der Waals surface area contributed by atoms with E-state index in [1.807, 2.05) is 6.07 Å². The van der Waals surface area contributed by atoms with E-state index in [1.54, 1.807) is 13.0 Å². The third-order valence-corrected chi connectivity index (χ3v) is 7.02. The second kappa shape index (κ2) is 7.33. The Hall–Kier alpha value is -2.61.